The number of carbonyl (C=O) groups excluding carboxylic acids is 2. The van der Waals surface area contributed by atoms with Gasteiger partial charge in [-0.3, -0.25) is 23.8 Å². The largest absolute Gasteiger partial charge is 0.337 e. The fourth-order valence-corrected chi connectivity index (χ4v) is 7.95. The summed E-state index contributed by atoms with van der Waals surface area (Å²) in [7, 11) is 3.82. The summed E-state index contributed by atoms with van der Waals surface area (Å²) in [5, 5.41) is 26.6. The molecule has 0 bridgehead atoms. The Morgan fingerprint density at radius 3 is 2.23 bits per heavy atom. The molecule has 0 radical (unpaired) electrons. The first-order valence-electron chi connectivity index (χ1n) is 17.8. The van der Waals surface area contributed by atoms with Crippen molar-refractivity contribution in [3.05, 3.63) is 97.7 Å². The van der Waals surface area contributed by atoms with Gasteiger partial charge in [0.2, 0.25) is 11.8 Å². The third kappa shape index (κ3) is 7.60. The number of pyridine rings is 2. The van der Waals surface area contributed by atoms with Gasteiger partial charge in [0, 0.05) is 37.1 Å². The molecule has 6 aromatic heterocycles. The molecule has 0 saturated carbocycles. The maximum atomic E-state index is 13.0. The fraction of sp³-hybridized carbons (Fsp3) is 0.211. The van der Waals surface area contributed by atoms with Crippen LogP contribution in [-0.2, 0) is 43.3 Å². The van der Waals surface area contributed by atoms with E-state index in [1.807, 2.05) is 108 Å². The average Bonchev–Trinajstić information content (AvgIpc) is 4.00. The highest BCUT2D eigenvalue weighted by atomic mass is 32.2. The van der Waals surface area contributed by atoms with E-state index in [2.05, 4.69) is 35.5 Å². The predicted octanol–water partition coefficient (Wildman–Crippen LogP) is 4.84. The van der Waals surface area contributed by atoms with Gasteiger partial charge in [-0.25, -0.2) is 14.5 Å². The van der Waals surface area contributed by atoms with Gasteiger partial charge in [-0.1, -0.05) is 48.2 Å². The van der Waals surface area contributed by atoms with Gasteiger partial charge in [0.15, 0.2) is 11.0 Å². The second-order valence-corrected chi connectivity index (χ2v) is 14.6. The molecule has 6 heterocycles. The topological polar surface area (TPSA) is 172 Å². The lowest BCUT2D eigenvalue weighted by Crippen LogP contribution is -2.36. The fourth-order valence-electron chi connectivity index (χ4n) is 6.33. The molecule has 0 aliphatic heterocycles. The van der Waals surface area contributed by atoms with Crippen LogP contribution in [0.4, 0.5) is 11.4 Å². The molecule has 2 amide bonds. The number of nitrogens with zero attached hydrogens (tertiary/aromatic N) is 12. The van der Waals surface area contributed by atoms with Crippen LogP contribution in [0.5, 0.6) is 0 Å². The number of imidazole rings is 1. The van der Waals surface area contributed by atoms with E-state index in [4.69, 9.17) is 15.1 Å². The molecule has 0 spiro atoms. The summed E-state index contributed by atoms with van der Waals surface area (Å²) < 4.78 is 9.68. The Hall–Kier alpha value is -6.40. The smallest absolute Gasteiger partial charge is 0.334 e. The van der Waals surface area contributed by atoms with E-state index >= 15 is 0 Å². The minimum absolute atomic E-state index is 0.112. The number of para-hydroxylation sites is 2. The lowest BCUT2D eigenvalue weighted by atomic mass is 10.2. The highest BCUT2D eigenvalue weighted by molar-refractivity contribution is 8.00. The Morgan fingerprint density at radius 1 is 0.804 bits per heavy atom. The zero-order valence-electron chi connectivity index (χ0n) is 30.8. The molecular formula is C38H37N14O2S2+. The van der Waals surface area contributed by atoms with Crippen molar-refractivity contribution in [3.63, 3.8) is 0 Å². The van der Waals surface area contributed by atoms with Crippen molar-refractivity contribution in [1.82, 2.24) is 53.8 Å². The maximum absolute atomic E-state index is 13.0. The van der Waals surface area contributed by atoms with Gasteiger partial charge in [0.05, 0.1) is 59.4 Å². The van der Waals surface area contributed by atoms with Crippen LogP contribution in [0.15, 0.2) is 108 Å². The zero-order valence-corrected chi connectivity index (χ0v) is 32.4. The Kier molecular flexibility index (Phi) is 10.5. The van der Waals surface area contributed by atoms with E-state index < -0.39 is 0 Å². The summed E-state index contributed by atoms with van der Waals surface area (Å²) in [5.74, 6) is 1.26. The number of rotatable bonds is 14. The van der Waals surface area contributed by atoms with Crippen LogP contribution in [0.2, 0.25) is 0 Å². The van der Waals surface area contributed by atoms with Gasteiger partial charge in [-0.05, 0) is 55.1 Å². The van der Waals surface area contributed by atoms with Gasteiger partial charge >= 0.3 is 5.16 Å². The number of aryl methyl sites for hydroxylation is 3. The molecule has 282 valence electrons. The molecule has 0 unspecified atom stereocenters. The first kappa shape index (κ1) is 36.6. The molecule has 0 saturated heterocycles. The Morgan fingerprint density at radius 2 is 1.52 bits per heavy atom. The summed E-state index contributed by atoms with van der Waals surface area (Å²) in [6.45, 7) is 3.36. The van der Waals surface area contributed by atoms with Gasteiger partial charge in [-0.15, -0.1) is 14.9 Å². The van der Waals surface area contributed by atoms with Gasteiger partial charge in [0.25, 0.3) is 5.82 Å². The molecule has 0 aliphatic carbocycles. The molecule has 16 nitrogen and oxygen atoms in total. The van der Waals surface area contributed by atoms with Crippen LogP contribution in [0.3, 0.4) is 0 Å². The monoisotopic (exact) mass is 785 g/mol. The number of fused-ring (bicyclic) bond motifs is 2. The zero-order chi connectivity index (χ0) is 38.6. The lowest BCUT2D eigenvalue weighted by Gasteiger charge is -2.10. The van der Waals surface area contributed by atoms with Crippen LogP contribution < -0.4 is 15.2 Å². The molecule has 0 fully saturated rings. The number of carbonyl (C=O) groups is 2. The third-order valence-corrected chi connectivity index (χ3v) is 10.9. The molecule has 8 aromatic rings. The number of thioether (sulfide) groups is 2. The minimum atomic E-state index is -0.169. The maximum Gasteiger partial charge on any atom is 0.337 e. The number of anilines is 2. The van der Waals surface area contributed by atoms with E-state index in [9.17, 15) is 9.59 Å². The number of hydrogen-bond acceptors (Lipinski definition) is 11. The second-order valence-electron chi connectivity index (χ2n) is 12.7. The van der Waals surface area contributed by atoms with Crippen molar-refractivity contribution in [2.45, 2.75) is 36.9 Å². The number of amides is 2. The van der Waals surface area contributed by atoms with E-state index in [0.717, 1.165) is 33.4 Å². The number of nitrogens with one attached hydrogen (secondary N) is 2. The van der Waals surface area contributed by atoms with Crippen molar-refractivity contribution in [3.8, 4) is 23.0 Å². The van der Waals surface area contributed by atoms with Crippen molar-refractivity contribution >= 4 is 68.6 Å². The van der Waals surface area contributed by atoms with Gasteiger partial charge in [0.1, 0.15) is 23.4 Å². The molecule has 0 atom stereocenters. The second kappa shape index (κ2) is 16.1. The van der Waals surface area contributed by atoms with Crippen LogP contribution in [0.1, 0.15) is 6.92 Å². The summed E-state index contributed by atoms with van der Waals surface area (Å²) in [5.41, 5.74) is 5.37. The van der Waals surface area contributed by atoms with Gasteiger partial charge < -0.3 is 15.2 Å². The molecule has 18 heteroatoms. The Bertz CT molecular complexity index is 2670. The highest BCUT2D eigenvalue weighted by Crippen LogP contribution is 2.29. The Labute approximate surface area is 329 Å². The van der Waals surface area contributed by atoms with Crippen LogP contribution in [0.25, 0.3) is 45.0 Å². The number of hydrogen-bond donors (Lipinski definition) is 2. The average molecular weight is 786 g/mol. The van der Waals surface area contributed by atoms with E-state index in [-0.39, 0.29) is 23.3 Å². The summed E-state index contributed by atoms with van der Waals surface area (Å²) >= 11 is 2.64. The number of benzene rings is 2. The predicted molar refractivity (Wildman–Crippen MR) is 215 cm³/mol. The van der Waals surface area contributed by atoms with Crippen LogP contribution in [0, 0.1) is 0 Å². The van der Waals surface area contributed by atoms with Crippen molar-refractivity contribution in [2.24, 2.45) is 14.1 Å². The quantitative estimate of drug-likeness (QED) is 0.114. The van der Waals surface area contributed by atoms with Crippen LogP contribution >= 0.6 is 23.5 Å². The summed E-state index contributed by atoms with van der Waals surface area (Å²) in [6.07, 6.45) is 7.02. The van der Waals surface area contributed by atoms with Crippen molar-refractivity contribution < 1.29 is 14.2 Å². The van der Waals surface area contributed by atoms with Crippen molar-refractivity contribution in [1.29, 1.82) is 0 Å². The van der Waals surface area contributed by atoms with Gasteiger partial charge in [-0.2, -0.15) is 5.10 Å². The standard InChI is InChI=1S/C38H36N14O2S2/c1-4-50-36(28-19-31-29(21-40-28)41-24-48(31)2)52(47-38(50)56-23-33(54)44-26-13-9-6-10-14-26)18-17-51-35(34-27-20-42-49(3)30(27)15-16-39-34)45-46-37(51)55-22-32(53)43-25-11-7-5-8-12-25/h5-16,19-21,24H,4,17-18,22-23H2,1-3H3,(H-,43,44,53,54)/p+1. The summed E-state index contributed by atoms with van der Waals surface area (Å²) in [4.78, 5) is 40.1. The first-order valence-corrected chi connectivity index (χ1v) is 19.8. The molecule has 0 aliphatic rings. The Balaban J connectivity index is 1.14. The van der Waals surface area contributed by atoms with E-state index in [0.29, 0.717) is 52.8 Å². The normalized spacial score (nSPS) is 11.4. The van der Waals surface area contributed by atoms with Crippen molar-refractivity contribution in [2.75, 3.05) is 22.1 Å². The highest BCUT2D eigenvalue weighted by Gasteiger charge is 2.30. The van der Waals surface area contributed by atoms with Crippen LogP contribution in [-0.4, -0.2) is 77.2 Å². The molecule has 2 N–H and O–H groups in total. The lowest BCUT2D eigenvalue weighted by molar-refractivity contribution is -0.720. The third-order valence-electron chi connectivity index (χ3n) is 9.01. The minimum Gasteiger partial charge on any atom is -0.334 e. The van der Waals surface area contributed by atoms with E-state index in [1.54, 1.807) is 29.6 Å². The van der Waals surface area contributed by atoms with E-state index in [1.165, 1.54) is 23.5 Å². The molecule has 2 aromatic carbocycles. The molecule has 8 rings (SSSR count). The molecule has 56 heavy (non-hydrogen) atoms. The number of aromatic nitrogens is 12. The summed E-state index contributed by atoms with van der Waals surface area (Å²) in [6, 6.07) is 22.6. The first-order chi connectivity index (χ1) is 27.4. The SMILES string of the molecule is CC[n+]1c(SCC(=O)Nc2ccccc2)nn(CCn2c(SCC(=O)Nc3ccccc3)nnc2-c2nccc3c2cnn3C)c1-c1cc2c(cn1)ncn2C. The molecular weight excluding hydrogens is 749 g/mol.